The minimum absolute atomic E-state index is 0.0657. The molecule has 2 saturated heterocycles. The van der Waals surface area contributed by atoms with Crippen molar-refractivity contribution >= 4 is 12.2 Å². The summed E-state index contributed by atoms with van der Waals surface area (Å²) in [6, 6.07) is 0.203. The van der Waals surface area contributed by atoms with Gasteiger partial charge in [0.1, 0.15) is 0 Å². The summed E-state index contributed by atoms with van der Waals surface area (Å²) in [6.07, 6.45) is 3.89. The number of carbonyl (C=O) groups is 2. The maximum absolute atomic E-state index is 13.0. The van der Waals surface area contributed by atoms with Crippen LogP contribution in [0.25, 0.3) is 0 Å². The van der Waals surface area contributed by atoms with Gasteiger partial charge in [-0.05, 0) is 77.8 Å². The topological polar surface area (TPSA) is 106 Å². The van der Waals surface area contributed by atoms with Crippen molar-refractivity contribution in [3.05, 3.63) is 0 Å². The molecule has 9 nitrogen and oxygen atoms in total. The van der Waals surface area contributed by atoms with Crippen LogP contribution in [-0.4, -0.2) is 92.2 Å². The highest BCUT2D eigenvalue weighted by molar-refractivity contribution is 5.72. The molecule has 9 heteroatoms. The monoisotopic (exact) mass is 454 g/mol. The molecule has 2 aliphatic heterocycles. The number of methoxy groups -OCH3 is 1. The van der Waals surface area contributed by atoms with E-state index in [9.17, 15) is 9.59 Å². The molecule has 0 bridgehead atoms. The molecule has 2 heterocycles. The molecular weight excluding hydrogens is 412 g/mol. The van der Waals surface area contributed by atoms with Gasteiger partial charge in [-0.3, -0.25) is 4.90 Å². The van der Waals surface area contributed by atoms with Gasteiger partial charge in [0.25, 0.3) is 0 Å². The van der Waals surface area contributed by atoms with Crippen LogP contribution < -0.4 is 11.1 Å². The molecule has 0 aromatic carbocycles. The summed E-state index contributed by atoms with van der Waals surface area (Å²) in [4.78, 5) is 29.2. The molecule has 2 amide bonds. The Hall–Kier alpha value is -1.58. The Morgan fingerprint density at radius 3 is 2.47 bits per heavy atom. The number of rotatable bonds is 6. The van der Waals surface area contributed by atoms with Crippen LogP contribution in [0.4, 0.5) is 9.59 Å². The van der Waals surface area contributed by atoms with Crippen LogP contribution in [-0.2, 0) is 14.2 Å². The lowest BCUT2D eigenvalue weighted by Crippen LogP contribution is -2.67. The third-order valence-electron chi connectivity index (χ3n) is 7.33. The van der Waals surface area contributed by atoms with Crippen LogP contribution in [0.3, 0.4) is 0 Å². The number of hydrogen-bond donors (Lipinski definition) is 2. The predicted octanol–water partition coefficient (Wildman–Crippen LogP) is 2.18. The van der Waals surface area contributed by atoms with Crippen LogP contribution in [0.15, 0.2) is 0 Å². The van der Waals surface area contributed by atoms with Crippen molar-refractivity contribution in [3.63, 3.8) is 0 Å². The lowest BCUT2D eigenvalue weighted by atomic mass is 9.73. The quantitative estimate of drug-likeness (QED) is 0.634. The Morgan fingerprint density at radius 1 is 1.12 bits per heavy atom. The van der Waals surface area contributed by atoms with E-state index >= 15 is 0 Å². The van der Waals surface area contributed by atoms with Crippen molar-refractivity contribution in [1.82, 2.24) is 15.1 Å². The molecule has 0 radical (unpaired) electrons. The predicted molar refractivity (Wildman–Crippen MR) is 121 cm³/mol. The Bertz CT molecular complexity index is 628. The number of carbonyl (C=O) groups excluding carboxylic acids is 2. The van der Waals surface area contributed by atoms with Gasteiger partial charge in [0.2, 0.25) is 0 Å². The summed E-state index contributed by atoms with van der Waals surface area (Å²) >= 11 is 0. The summed E-state index contributed by atoms with van der Waals surface area (Å²) in [7, 11) is 1.42. The number of piperazine rings is 1. The van der Waals surface area contributed by atoms with Gasteiger partial charge in [0.15, 0.2) is 0 Å². The Kier molecular flexibility index (Phi) is 9.02. The second kappa shape index (κ2) is 11.5. The normalized spacial score (nSPS) is 30.1. The summed E-state index contributed by atoms with van der Waals surface area (Å²) in [5.41, 5.74) is 6.21. The van der Waals surface area contributed by atoms with Gasteiger partial charge in [-0.2, -0.15) is 0 Å². The molecule has 3 aliphatic rings. The van der Waals surface area contributed by atoms with E-state index in [4.69, 9.17) is 19.9 Å². The molecule has 1 saturated carbocycles. The molecule has 32 heavy (non-hydrogen) atoms. The van der Waals surface area contributed by atoms with Gasteiger partial charge in [-0.25, -0.2) is 9.59 Å². The average molecular weight is 455 g/mol. The van der Waals surface area contributed by atoms with E-state index in [-0.39, 0.29) is 36.4 Å². The number of nitrogens with two attached hydrogens (primary N) is 1. The fourth-order valence-electron chi connectivity index (χ4n) is 5.65. The zero-order valence-electron chi connectivity index (χ0n) is 20.1. The Balaban J connectivity index is 1.72. The molecule has 3 rings (SSSR count). The van der Waals surface area contributed by atoms with Crippen molar-refractivity contribution < 1.29 is 23.8 Å². The van der Waals surface area contributed by atoms with E-state index in [0.717, 1.165) is 51.9 Å². The van der Waals surface area contributed by atoms with Gasteiger partial charge in [-0.15, -0.1) is 0 Å². The highest BCUT2D eigenvalue weighted by Gasteiger charge is 2.48. The number of nitrogens with zero attached hydrogens (tertiary/aromatic N) is 2. The van der Waals surface area contributed by atoms with Crippen LogP contribution in [0, 0.1) is 11.8 Å². The van der Waals surface area contributed by atoms with Crippen LogP contribution >= 0.6 is 0 Å². The zero-order valence-corrected chi connectivity index (χ0v) is 20.1. The SMILES string of the molecule is COC(=O)N1C2CCC(C(CN)CNC3CCOCC3)CC2N(C(=O)OC(C)C)C[C@@H]1C. The number of amides is 2. The van der Waals surface area contributed by atoms with Crippen molar-refractivity contribution in [1.29, 1.82) is 0 Å². The summed E-state index contributed by atoms with van der Waals surface area (Å²) < 4.78 is 16.1. The van der Waals surface area contributed by atoms with Crippen molar-refractivity contribution in [2.45, 2.75) is 83.1 Å². The molecular formula is C23H42N4O5. The van der Waals surface area contributed by atoms with Gasteiger partial charge in [0.05, 0.1) is 31.3 Å². The minimum atomic E-state index is -0.320. The first kappa shape index (κ1) is 25.1. The van der Waals surface area contributed by atoms with E-state index in [1.54, 1.807) is 0 Å². The highest BCUT2D eigenvalue weighted by atomic mass is 16.6. The molecule has 3 N–H and O–H groups in total. The molecule has 4 unspecified atom stereocenters. The molecule has 0 spiro atoms. The molecule has 1 aliphatic carbocycles. The average Bonchev–Trinajstić information content (AvgIpc) is 2.78. The van der Waals surface area contributed by atoms with Gasteiger partial charge in [-0.1, -0.05) is 0 Å². The van der Waals surface area contributed by atoms with Crippen LogP contribution in [0.5, 0.6) is 0 Å². The Labute approximate surface area is 192 Å². The lowest BCUT2D eigenvalue weighted by Gasteiger charge is -2.53. The number of nitrogens with one attached hydrogen (secondary N) is 1. The Morgan fingerprint density at radius 2 is 1.84 bits per heavy atom. The highest BCUT2D eigenvalue weighted by Crippen LogP contribution is 2.39. The van der Waals surface area contributed by atoms with E-state index < -0.39 is 0 Å². The van der Waals surface area contributed by atoms with Gasteiger partial charge in [0, 0.05) is 25.8 Å². The largest absolute Gasteiger partial charge is 0.453 e. The molecule has 0 aromatic rings. The zero-order chi connectivity index (χ0) is 23.3. The van der Waals surface area contributed by atoms with E-state index in [2.05, 4.69) is 5.32 Å². The number of hydrogen-bond acceptors (Lipinski definition) is 7. The maximum atomic E-state index is 13.0. The summed E-state index contributed by atoms with van der Waals surface area (Å²) in [6.45, 7) is 9.23. The minimum Gasteiger partial charge on any atom is -0.453 e. The fourth-order valence-corrected chi connectivity index (χ4v) is 5.65. The van der Waals surface area contributed by atoms with Crippen molar-refractivity contribution in [2.24, 2.45) is 17.6 Å². The standard InChI is InChI=1S/C23H42N4O5/c1-15(2)32-22(28)26-14-16(3)27(23(29)30-4)20-6-5-17(11-21(20)26)18(12-24)13-25-19-7-9-31-10-8-19/h15-21,25H,5-14,24H2,1-4H3/t16-,17?,18?,20?,21?/m0/s1. The summed E-state index contributed by atoms with van der Waals surface area (Å²) in [5.74, 6) is 0.712. The van der Waals surface area contributed by atoms with Crippen molar-refractivity contribution in [3.8, 4) is 0 Å². The van der Waals surface area contributed by atoms with Crippen LogP contribution in [0.2, 0.25) is 0 Å². The van der Waals surface area contributed by atoms with Crippen LogP contribution in [0.1, 0.15) is 52.9 Å². The van der Waals surface area contributed by atoms with Gasteiger partial charge < -0.3 is 30.2 Å². The van der Waals surface area contributed by atoms with Crippen molar-refractivity contribution in [2.75, 3.05) is 40.0 Å². The fraction of sp³-hybridized carbons (Fsp3) is 0.913. The molecule has 184 valence electrons. The summed E-state index contributed by atoms with van der Waals surface area (Å²) in [5, 5.41) is 3.70. The lowest BCUT2D eigenvalue weighted by molar-refractivity contribution is -0.0450. The first-order chi connectivity index (χ1) is 15.3. The molecule has 3 fully saturated rings. The van der Waals surface area contributed by atoms with E-state index in [0.29, 0.717) is 31.0 Å². The third-order valence-corrected chi connectivity index (χ3v) is 7.33. The molecule has 0 aromatic heterocycles. The second-order valence-electron chi connectivity index (χ2n) is 9.81. The maximum Gasteiger partial charge on any atom is 0.410 e. The molecule has 5 atom stereocenters. The number of fused-ring (bicyclic) bond motifs is 1. The first-order valence-corrected chi connectivity index (χ1v) is 12.2. The smallest absolute Gasteiger partial charge is 0.410 e. The number of ether oxygens (including phenoxy) is 3. The van der Waals surface area contributed by atoms with E-state index in [1.165, 1.54) is 7.11 Å². The van der Waals surface area contributed by atoms with Gasteiger partial charge >= 0.3 is 12.2 Å². The second-order valence-corrected chi connectivity index (χ2v) is 9.81. The third kappa shape index (κ3) is 5.85. The first-order valence-electron chi connectivity index (χ1n) is 12.2. The van der Waals surface area contributed by atoms with E-state index in [1.807, 2.05) is 30.6 Å².